The van der Waals surface area contributed by atoms with Gasteiger partial charge in [-0.15, -0.1) is 0 Å². The lowest BCUT2D eigenvalue weighted by Gasteiger charge is -2.40. The standard InChI is InChI=1S/C23H21ClN4O3/c1-2-19(30)27-7-8-28-15(10-27)12-31-22-20-18(25-13-26-23(20)28)9-17(21(22)24)16-6-4-3-5-14(16)11-29/h2-6,9,13,15,29H,1,7-8,10-12H2/t15-/m0/s1. The first-order valence-corrected chi connectivity index (χ1v) is 10.5. The largest absolute Gasteiger partial charge is 0.489 e. The molecule has 31 heavy (non-hydrogen) atoms. The van der Waals surface area contributed by atoms with E-state index in [0.29, 0.717) is 37.0 Å². The van der Waals surface area contributed by atoms with Crippen LogP contribution in [0, 0.1) is 0 Å². The van der Waals surface area contributed by atoms with Crippen LogP contribution in [0.1, 0.15) is 5.56 Å². The van der Waals surface area contributed by atoms with Crippen molar-refractivity contribution in [2.24, 2.45) is 0 Å². The molecule has 1 amide bonds. The van der Waals surface area contributed by atoms with Crippen molar-refractivity contribution in [2.45, 2.75) is 12.6 Å². The number of piperazine rings is 1. The van der Waals surface area contributed by atoms with E-state index < -0.39 is 0 Å². The maximum Gasteiger partial charge on any atom is 0.246 e. The summed E-state index contributed by atoms with van der Waals surface area (Å²) >= 11 is 6.87. The molecule has 2 aliphatic heterocycles. The van der Waals surface area contributed by atoms with Crippen molar-refractivity contribution in [3.05, 3.63) is 59.9 Å². The third-order valence-corrected chi connectivity index (χ3v) is 6.31. The number of carbonyl (C=O) groups excluding carboxylic acids is 1. The van der Waals surface area contributed by atoms with Gasteiger partial charge in [0.1, 0.15) is 18.8 Å². The van der Waals surface area contributed by atoms with Crippen molar-refractivity contribution in [3.8, 4) is 16.9 Å². The monoisotopic (exact) mass is 436 g/mol. The van der Waals surface area contributed by atoms with Gasteiger partial charge in [-0.25, -0.2) is 9.97 Å². The lowest BCUT2D eigenvalue weighted by atomic mass is 9.98. The Morgan fingerprint density at radius 2 is 2.13 bits per heavy atom. The van der Waals surface area contributed by atoms with Crippen molar-refractivity contribution < 1.29 is 14.6 Å². The fourth-order valence-electron chi connectivity index (χ4n) is 4.40. The summed E-state index contributed by atoms with van der Waals surface area (Å²) in [5.74, 6) is 1.21. The number of aliphatic hydroxyl groups excluding tert-OH is 1. The van der Waals surface area contributed by atoms with E-state index in [1.54, 1.807) is 11.2 Å². The third kappa shape index (κ3) is 3.21. The Labute approximate surface area is 184 Å². The Hall–Kier alpha value is -3.16. The number of nitrogens with zero attached hydrogens (tertiary/aromatic N) is 4. The number of amides is 1. The van der Waals surface area contributed by atoms with Crippen LogP contribution in [0.4, 0.5) is 5.82 Å². The van der Waals surface area contributed by atoms with E-state index in [0.717, 1.165) is 33.4 Å². The number of aromatic nitrogens is 2. The summed E-state index contributed by atoms with van der Waals surface area (Å²) < 4.78 is 6.24. The molecule has 158 valence electrons. The van der Waals surface area contributed by atoms with Crippen LogP contribution in [0.25, 0.3) is 22.0 Å². The number of halogens is 1. The van der Waals surface area contributed by atoms with Gasteiger partial charge in [-0.1, -0.05) is 42.4 Å². The van der Waals surface area contributed by atoms with E-state index in [-0.39, 0.29) is 18.6 Å². The van der Waals surface area contributed by atoms with Crippen molar-refractivity contribution in [1.82, 2.24) is 14.9 Å². The van der Waals surface area contributed by atoms with Crippen LogP contribution >= 0.6 is 11.6 Å². The van der Waals surface area contributed by atoms with Gasteiger partial charge in [-0.2, -0.15) is 0 Å². The predicted molar refractivity (Wildman–Crippen MR) is 119 cm³/mol. The van der Waals surface area contributed by atoms with E-state index in [9.17, 15) is 9.90 Å². The van der Waals surface area contributed by atoms with Crippen LogP contribution < -0.4 is 9.64 Å². The highest BCUT2D eigenvalue weighted by molar-refractivity contribution is 6.36. The smallest absolute Gasteiger partial charge is 0.246 e. The minimum atomic E-state index is -0.0984. The Kier molecular flexibility index (Phi) is 5.00. The number of rotatable bonds is 3. The van der Waals surface area contributed by atoms with E-state index in [1.807, 2.05) is 30.3 Å². The highest BCUT2D eigenvalue weighted by Gasteiger charge is 2.35. The van der Waals surface area contributed by atoms with Crippen molar-refractivity contribution in [3.63, 3.8) is 0 Å². The molecule has 1 N–H and O–H groups in total. The number of benzene rings is 2. The Bertz CT molecular complexity index is 1200. The van der Waals surface area contributed by atoms with Crippen LogP contribution in [-0.2, 0) is 11.4 Å². The fourth-order valence-corrected chi connectivity index (χ4v) is 4.71. The lowest BCUT2D eigenvalue weighted by Crippen LogP contribution is -2.56. The molecule has 5 rings (SSSR count). The molecule has 3 aromatic rings. The number of aliphatic hydroxyl groups is 1. The van der Waals surface area contributed by atoms with Crippen LogP contribution in [0.5, 0.6) is 5.75 Å². The highest BCUT2D eigenvalue weighted by atomic mass is 35.5. The Balaban J connectivity index is 1.65. The summed E-state index contributed by atoms with van der Waals surface area (Å²) in [5.41, 5.74) is 3.08. The molecule has 8 heteroatoms. The summed E-state index contributed by atoms with van der Waals surface area (Å²) in [7, 11) is 0. The van der Waals surface area contributed by atoms with Gasteiger partial charge in [-0.3, -0.25) is 4.79 Å². The predicted octanol–water partition coefficient (Wildman–Crippen LogP) is 3.04. The average molecular weight is 437 g/mol. The maximum atomic E-state index is 12.1. The van der Waals surface area contributed by atoms with Gasteiger partial charge in [0.2, 0.25) is 5.91 Å². The van der Waals surface area contributed by atoms with Crippen molar-refractivity contribution in [2.75, 3.05) is 31.1 Å². The average Bonchev–Trinajstić information content (AvgIpc) is 2.98. The molecule has 2 aliphatic rings. The number of anilines is 1. The van der Waals surface area contributed by atoms with Gasteiger partial charge in [0.25, 0.3) is 0 Å². The number of ether oxygens (including phenoxy) is 1. The zero-order valence-corrected chi connectivity index (χ0v) is 17.5. The number of hydrogen-bond acceptors (Lipinski definition) is 6. The van der Waals surface area contributed by atoms with E-state index >= 15 is 0 Å². The highest BCUT2D eigenvalue weighted by Crippen LogP contribution is 2.46. The topological polar surface area (TPSA) is 78.8 Å². The second-order valence-corrected chi connectivity index (χ2v) is 8.00. The first-order valence-electron chi connectivity index (χ1n) is 10.1. The van der Waals surface area contributed by atoms with Crippen LogP contribution in [0.15, 0.2) is 49.3 Å². The molecule has 0 bridgehead atoms. The van der Waals surface area contributed by atoms with E-state index in [1.165, 1.54) is 6.08 Å². The fraction of sp³-hybridized carbons (Fsp3) is 0.261. The summed E-state index contributed by atoms with van der Waals surface area (Å²) in [6.07, 6.45) is 2.88. The van der Waals surface area contributed by atoms with Crippen LogP contribution in [0.2, 0.25) is 5.02 Å². The van der Waals surface area contributed by atoms with E-state index in [4.69, 9.17) is 16.3 Å². The quantitative estimate of drug-likeness (QED) is 0.636. The summed E-state index contributed by atoms with van der Waals surface area (Å²) in [6.45, 7) is 5.58. The molecule has 0 spiro atoms. The molecular formula is C23H21ClN4O3. The molecule has 7 nitrogen and oxygen atoms in total. The lowest BCUT2D eigenvalue weighted by molar-refractivity contribution is -0.126. The molecule has 3 heterocycles. The summed E-state index contributed by atoms with van der Waals surface area (Å²) in [4.78, 5) is 25.1. The van der Waals surface area contributed by atoms with Gasteiger partial charge in [0.05, 0.1) is 28.6 Å². The van der Waals surface area contributed by atoms with Crippen molar-refractivity contribution in [1.29, 1.82) is 0 Å². The van der Waals surface area contributed by atoms with Gasteiger partial charge < -0.3 is 19.6 Å². The molecular weight excluding hydrogens is 416 g/mol. The van der Waals surface area contributed by atoms with Crippen molar-refractivity contribution >= 4 is 34.2 Å². The minimum absolute atomic E-state index is 0.0626. The van der Waals surface area contributed by atoms with E-state index in [2.05, 4.69) is 21.4 Å². The van der Waals surface area contributed by atoms with Crippen LogP contribution in [0.3, 0.4) is 0 Å². The minimum Gasteiger partial charge on any atom is -0.489 e. The Morgan fingerprint density at radius 3 is 2.94 bits per heavy atom. The number of fused-ring (bicyclic) bond motifs is 2. The second-order valence-electron chi connectivity index (χ2n) is 7.62. The maximum absolute atomic E-state index is 12.1. The normalized spacial score (nSPS) is 17.7. The molecule has 0 aliphatic carbocycles. The van der Waals surface area contributed by atoms with Gasteiger partial charge in [-0.05, 0) is 23.3 Å². The molecule has 2 aromatic carbocycles. The molecule has 1 fully saturated rings. The zero-order chi connectivity index (χ0) is 21.5. The Morgan fingerprint density at radius 1 is 1.29 bits per heavy atom. The van der Waals surface area contributed by atoms with Crippen LogP contribution in [-0.4, -0.2) is 58.2 Å². The molecule has 1 atom stereocenters. The molecule has 0 saturated carbocycles. The number of hydrogen-bond donors (Lipinski definition) is 1. The first kappa shape index (κ1) is 19.8. The van der Waals surface area contributed by atoms with Gasteiger partial charge >= 0.3 is 0 Å². The third-order valence-electron chi connectivity index (χ3n) is 5.94. The summed E-state index contributed by atoms with van der Waals surface area (Å²) in [5, 5.41) is 11.0. The zero-order valence-electron chi connectivity index (χ0n) is 16.8. The molecule has 1 saturated heterocycles. The second kappa shape index (κ2) is 7.83. The van der Waals surface area contributed by atoms with Gasteiger partial charge in [0, 0.05) is 25.2 Å². The number of carbonyl (C=O) groups is 1. The van der Waals surface area contributed by atoms with Gasteiger partial charge in [0.15, 0.2) is 5.75 Å². The molecule has 0 radical (unpaired) electrons. The molecule has 1 aromatic heterocycles. The first-order chi connectivity index (χ1) is 15.1. The SMILES string of the molecule is C=CC(=O)N1CCN2c3ncnc4cc(-c5ccccc5CO)c(Cl)c(c34)OC[C@@H]2C1. The summed E-state index contributed by atoms with van der Waals surface area (Å²) in [6, 6.07) is 9.43. The molecule has 0 unspecified atom stereocenters.